The molecule has 1 aliphatic heterocycles. The first kappa shape index (κ1) is 23.0. The lowest BCUT2D eigenvalue weighted by atomic mass is 10.1. The van der Waals surface area contributed by atoms with Crippen LogP contribution in [-0.4, -0.2) is 58.9 Å². The first-order valence-electron chi connectivity index (χ1n) is 8.45. The summed E-state index contributed by atoms with van der Waals surface area (Å²) in [6.07, 6.45) is 2.19. The van der Waals surface area contributed by atoms with Crippen molar-refractivity contribution in [1.82, 2.24) is 15.4 Å². The van der Waals surface area contributed by atoms with Crippen LogP contribution in [0.15, 0.2) is 35.3 Å². The molecule has 2 rings (SSSR count). The largest absolute Gasteiger partial charge is 0.369 e. The Balaban J connectivity index is 0.00000338. The van der Waals surface area contributed by atoms with E-state index in [9.17, 15) is 8.42 Å². The second-order valence-electron chi connectivity index (χ2n) is 7.10. The highest BCUT2D eigenvalue weighted by atomic mass is 127. The molecule has 1 unspecified atom stereocenters. The van der Waals surface area contributed by atoms with Gasteiger partial charge in [-0.05, 0) is 32.4 Å². The van der Waals surface area contributed by atoms with Gasteiger partial charge in [-0.15, -0.1) is 24.0 Å². The average Bonchev–Trinajstić information content (AvgIpc) is 2.98. The molecular formula is C17H30IN5O2S. The lowest BCUT2D eigenvalue weighted by Crippen LogP contribution is -2.54. The number of nitrogens with one attached hydrogen (secondary N) is 3. The van der Waals surface area contributed by atoms with E-state index >= 15 is 0 Å². The van der Waals surface area contributed by atoms with E-state index in [1.54, 1.807) is 7.05 Å². The Morgan fingerprint density at radius 2 is 1.96 bits per heavy atom. The van der Waals surface area contributed by atoms with Gasteiger partial charge in [0.25, 0.3) is 0 Å². The maximum Gasteiger partial charge on any atom is 0.209 e. The molecule has 0 radical (unpaired) electrons. The van der Waals surface area contributed by atoms with Gasteiger partial charge in [-0.2, -0.15) is 0 Å². The quantitative estimate of drug-likeness (QED) is 0.316. The zero-order valence-electron chi connectivity index (χ0n) is 15.8. The molecule has 1 fully saturated rings. The van der Waals surface area contributed by atoms with E-state index in [1.165, 1.54) is 11.9 Å². The zero-order valence-corrected chi connectivity index (χ0v) is 19.0. The number of benzene rings is 1. The molecule has 1 heterocycles. The smallest absolute Gasteiger partial charge is 0.209 e. The van der Waals surface area contributed by atoms with Gasteiger partial charge >= 0.3 is 0 Å². The van der Waals surface area contributed by atoms with Crippen LogP contribution in [0, 0.1) is 0 Å². The van der Waals surface area contributed by atoms with E-state index in [1.807, 2.05) is 32.0 Å². The van der Waals surface area contributed by atoms with Crippen LogP contribution in [0.3, 0.4) is 0 Å². The van der Waals surface area contributed by atoms with E-state index in [0.29, 0.717) is 18.5 Å². The lowest BCUT2D eigenvalue weighted by molar-refractivity contribution is 0.445. The standard InChI is InChI=1S/C17H29N5O2S.HI/c1-17(2,21-25(4,23)24)13-19-16(18-3)20-14-10-11-22(12-14)15-8-6-5-7-9-15;/h5-9,14,21H,10-13H2,1-4H3,(H2,18,19,20);1H. The summed E-state index contributed by atoms with van der Waals surface area (Å²) in [7, 11) is -1.54. The average molecular weight is 495 g/mol. The third-order valence-electron chi connectivity index (χ3n) is 4.03. The van der Waals surface area contributed by atoms with Crippen molar-refractivity contribution in [2.24, 2.45) is 4.99 Å². The molecule has 1 atom stereocenters. The topological polar surface area (TPSA) is 85.8 Å². The van der Waals surface area contributed by atoms with Crippen LogP contribution in [0.5, 0.6) is 0 Å². The summed E-state index contributed by atoms with van der Waals surface area (Å²) in [6.45, 7) is 6.02. The number of sulfonamides is 1. The van der Waals surface area contributed by atoms with Crippen LogP contribution in [0.4, 0.5) is 5.69 Å². The third kappa shape index (κ3) is 7.67. The Labute approximate surface area is 174 Å². The van der Waals surface area contributed by atoms with Gasteiger partial charge in [-0.25, -0.2) is 13.1 Å². The van der Waals surface area contributed by atoms with Gasteiger partial charge in [-0.1, -0.05) is 18.2 Å². The monoisotopic (exact) mass is 495 g/mol. The molecule has 0 saturated carbocycles. The molecule has 9 heteroatoms. The molecule has 0 bridgehead atoms. The Morgan fingerprint density at radius 1 is 1.31 bits per heavy atom. The molecule has 1 aromatic carbocycles. The van der Waals surface area contributed by atoms with E-state index in [-0.39, 0.29) is 24.0 Å². The molecule has 0 spiro atoms. The highest BCUT2D eigenvalue weighted by Crippen LogP contribution is 2.19. The first-order chi connectivity index (χ1) is 11.7. The van der Waals surface area contributed by atoms with Crippen molar-refractivity contribution in [3.8, 4) is 0 Å². The second kappa shape index (κ2) is 9.75. The SMILES string of the molecule is CN=C(NCC(C)(C)NS(C)(=O)=O)NC1CCN(c2ccccc2)C1.I. The van der Waals surface area contributed by atoms with Crippen molar-refractivity contribution in [3.63, 3.8) is 0 Å². The molecule has 0 aromatic heterocycles. The van der Waals surface area contributed by atoms with E-state index < -0.39 is 15.6 Å². The molecule has 0 aliphatic carbocycles. The Morgan fingerprint density at radius 3 is 2.54 bits per heavy atom. The third-order valence-corrected chi connectivity index (χ3v) is 4.96. The molecule has 148 valence electrons. The normalized spacial score (nSPS) is 18.4. The second-order valence-corrected chi connectivity index (χ2v) is 8.84. The summed E-state index contributed by atoms with van der Waals surface area (Å²) < 4.78 is 25.5. The fraction of sp³-hybridized carbons (Fsp3) is 0.588. The summed E-state index contributed by atoms with van der Waals surface area (Å²) in [5, 5.41) is 6.63. The summed E-state index contributed by atoms with van der Waals surface area (Å²) in [4.78, 5) is 6.59. The molecule has 3 N–H and O–H groups in total. The number of rotatable bonds is 6. The maximum atomic E-state index is 11.4. The number of anilines is 1. The minimum absolute atomic E-state index is 0. The van der Waals surface area contributed by atoms with Crippen molar-refractivity contribution >= 4 is 45.6 Å². The van der Waals surface area contributed by atoms with Crippen LogP contribution in [0.25, 0.3) is 0 Å². The Hall–Kier alpha value is -1.07. The van der Waals surface area contributed by atoms with Crippen LogP contribution < -0.4 is 20.3 Å². The van der Waals surface area contributed by atoms with Gasteiger partial charge in [0.2, 0.25) is 10.0 Å². The summed E-state index contributed by atoms with van der Waals surface area (Å²) in [6, 6.07) is 10.7. The number of guanidine groups is 1. The van der Waals surface area contributed by atoms with E-state index in [4.69, 9.17) is 0 Å². The van der Waals surface area contributed by atoms with Crippen molar-refractivity contribution in [1.29, 1.82) is 0 Å². The van der Waals surface area contributed by atoms with Crippen LogP contribution in [0.1, 0.15) is 20.3 Å². The predicted molar refractivity (Wildman–Crippen MR) is 119 cm³/mol. The molecule has 7 nitrogen and oxygen atoms in total. The molecule has 0 amide bonds. The van der Waals surface area contributed by atoms with E-state index in [0.717, 1.165) is 19.5 Å². The summed E-state index contributed by atoms with van der Waals surface area (Å²) >= 11 is 0. The van der Waals surface area contributed by atoms with Gasteiger partial charge in [0.1, 0.15) is 0 Å². The molecule has 1 saturated heterocycles. The number of hydrogen-bond acceptors (Lipinski definition) is 4. The predicted octanol–water partition coefficient (Wildman–Crippen LogP) is 1.38. The summed E-state index contributed by atoms with van der Waals surface area (Å²) in [5.41, 5.74) is 0.630. The first-order valence-corrected chi connectivity index (χ1v) is 10.3. The number of aliphatic imine (C=N–C) groups is 1. The van der Waals surface area contributed by atoms with Gasteiger partial charge in [-0.3, -0.25) is 4.99 Å². The minimum atomic E-state index is -3.25. The molecule has 1 aliphatic rings. The van der Waals surface area contributed by atoms with Crippen LogP contribution in [0.2, 0.25) is 0 Å². The lowest BCUT2D eigenvalue weighted by Gasteiger charge is -2.27. The van der Waals surface area contributed by atoms with Crippen molar-refractivity contribution in [2.45, 2.75) is 31.8 Å². The maximum absolute atomic E-state index is 11.4. The summed E-state index contributed by atoms with van der Waals surface area (Å²) in [5.74, 6) is 0.684. The zero-order chi connectivity index (χ0) is 18.5. The molecule has 1 aromatic rings. The Bertz CT molecular complexity index is 694. The minimum Gasteiger partial charge on any atom is -0.369 e. The number of nitrogens with zero attached hydrogens (tertiary/aromatic N) is 2. The molecular weight excluding hydrogens is 465 g/mol. The van der Waals surface area contributed by atoms with Gasteiger partial charge in [0, 0.05) is 44.0 Å². The fourth-order valence-electron chi connectivity index (χ4n) is 2.98. The number of halogens is 1. The van der Waals surface area contributed by atoms with Crippen LogP contribution >= 0.6 is 24.0 Å². The van der Waals surface area contributed by atoms with Crippen molar-refractivity contribution in [3.05, 3.63) is 30.3 Å². The van der Waals surface area contributed by atoms with Crippen LogP contribution in [-0.2, 0) is 10.0 Å². The van der Waals surface area contributed by atoms with Gasteiger partial charge in [0.15, 0.2) is 5.96 Å². The fourth-order valence-corrected chi connectivity index (χ4v) is 4.06. The van der Waals surface area contributed by atoms with Gasteiger partial charge in [0.05, 0.1) is 6.26 Å². The van der Waals surface area contributed by atoms with Crippen molar-refractivity contribution in [2.75, 3.05) is 37.8 Å². The highest BCUT2D eigenvalue weighted by molar-refractivity contribution is 14.0. The van der Waals surface area contributed by atoms with Gasteiger partial charge < -0.3 is 15.5 Å². The molecule has 26 heavy (non-hydrogen) atoms. The van der Waals surface area contributed by atoms with Crippen molar-refractivity contribution < 1.29 is 8.42 Å². The number of para-hydroxylation sites is 1. The Kier molecular flexibility index (Phi) is 8.61. The number of hydrogen-bond donors (Lipinski definition) is 3. The highest BCUT2D eigenvalue weighted by Gasteiger charge is 2.25. The van der Waals surface area contributed by atoms with E-state index in [2.05, 4.69) is 37.4 Å².